The number of fused-ring (bicyclic) bond motifs is 1. The average molecular weight is 600 g/mol. The van der Waals surface area contributed by atoms with E-state index in [1.54, 1.807) is 30.5 Å². The topological polar surface area (TPSA) is 115 Å². The van der Waals surface area contributed by atoms with E-state index in [-0.39, 0.29) is 18.2 Å². The molecule has 216 valence electrons. The van der Waals surface area contributed by atoms with Crippen LogP contribution in [-0.4, -0.2) is 56.3 Å². The monoisotopic (exact) mass is 599 g/mol. The number of rotatable bonds is 15. The van der Waals surface area contributed by atoms with Crippen LogP contribution in [0.5, 0.6) is 5.75 Å². The minimum absolute atomic E-state index is 0.135. The Balaban J connectivity index is 1.30. The number of sulfone groups is 1. The zero-order chi connectivity index (χ0) is 29.1. The minimum atomic E-state index is -2.94. The molecule has 0 atom stereocenters. The van der Waals surface area contributed by atoms with Gasteiger partial charge in [-0.2, -0.15) is 0 Å². The summed E-state index contributed by atoms with van der Waals surface area (Å²) >= 11 is 6.45. The zero-order valence-electron chi connectivity index (χ0n) is 22.5. The van der Waals surface area contributed by atoms with E-state index < -0.39 is 9.84 Å². The molecule has 0 saturated heterocycles. The molecule has 0 spiro atoms. The first kappa shape index (κ1) is 30.2. The number of nitrogens with one attached hydrogen (secondary N) is 2. The molecule has 0 unspecified atom stereocenters. The van der Waals surface area contributed by atoms with Gasteiger partial charge in [0.25, 0.3) is 0 Å². The van der Waals surface area contributed by atoms with Crippen molar-refractivity contribution in [2.24, 2.45) is 5.16 Å². The summed E-state index contributed by atoms with van der Waals surface area (Å²) in [6, 6.07) is 17.2. The van der Waals surface area contributed by atoms with Crippen LogP contribution in [0, 0.1) is 5.82 Å². The van der Waals surface area contributed by atoms with Crippen LogP contribution >= 0.6 is 11.6 Å². The van der Waals surface area contributed by atoms with Crippen molar-refractivity contribution in [3.05, 3.63) is 89.0 Å². The summed E-state index contributed by atoms with van der Waals surface area (Å²) in [6.45, 7) is 1.82. The van der Waals surface area contributed by atoms with Gasteiger partial charge >= 0.3 is 0 Å². The summed E-state index contributed by atoms with van der Waals surface area (Å²) in [4.78, 5) is 14.1. The van der Waals surface area contributed by atoms with Crippen molar-refractivity contribution in [1.29, 1.82) is 0 Å². The van der Waals surface area contributed by atoms with Crippen molar-refractivity contribution < 1.29 is 22.4 Å². The molecule has 0 radical (unpaired) electrons. The lowest BCUT2D eigenvalue weighted by Gasteiger charge is -2.12. The number of hydrogen-bond acceptors (Lipinski definition) is 9. The molecule has 4 rings (SSSR count). The highest BCUT2D eigenvalue weighted by Gasteiger charge is 2.09. The number of benzene rings is 3. The van der Waals surface area contributed by atoms with E-state index in [0.29, 0.717) is 41.0 Å². The molecule has 0 aliphatic carbocycles. The molecule has 1 aromatic heterocycles. The smallest absolute Gasteiger partial charge is 0.148 e. The van der Waals surface area contributed by atoms with Gasteiger partial charge in [0, 0.05) is 23.9 Å². The van der Waals surface area contributed by atoms with Gasteiger partial charge in [-0.25, -0.2) is 22.8 Å². The highest BCUT2D eigenvalue weighted by molar-refractivity contribution is 7.90. The van der Waals surface area contributed by atoms with E-state index in [1.807, 2.05) is 24.3 Å². The van der Waals surface area contributed by atoms with E-state index >= 15 is 0 Å². The van der Waals surface area contributed by atoms with Crippen LogP contribution in [0.25, 0.3) is 10.9 Å². The van der Waals surface area contributed by atoms with E-state index in [9.17, 15) is 12.8 Å². The molecule has 41 heavy (non-hydrogen) atoms. The summed E-state index contributed by atoms with van der Waals surface area (Å²) < 4.78 is 41.4. The maximum absolute atomic E-state index is 13.4. The quantitative estimate of drug-likeness (QED) is 0.104. The molecule has 3 aromatic carbocycles. The van der Waals surface area contributed by atoms with Gasteiger partial charge in [0.05, 0.1) is 22.5 Å². The third-order valence-corrected chi connectivity index (χ3v) is 7.14. The van der Waals surface area contributed by atoms with Crippen molar-refractivity contribution >= 4 is 50.1 Å². The number of anilines is 2. The maximum Gasteiger partial charge on any atom is 0.148 e. The number of aromatic nitrogens is 2. The van der Waals surface area contributed by atoms with Crippen molar-refractivity contribution in [2.75, 3.05) is 37.0 Å². The average Bonchev–Trinajstić information content (AvgIpc) is 2.93. The summed E-state index contributed by atoms with van der Waals surface area (Å²) in [5.74, 6) is 0.895. The van der Waals surface area contributed by atoms with Crippen LogP contribution in [-0.2, 0) is 21.3 Å². The van der Waals surface area contributed by atoms with Gasteiger partial charge in [0.15, 0.2) is 0 Å². The van der Waals surface area contributed by atoms with Gasteiger partial charge in [-0.15, -0.1) is 0 Å². The largest absolute Gasteiger partial charge is 0.487 e. The minimum Gasteiger partial charge on any atom is -0.487 e. The Morgan fingerprint density at radius 3 is 2.73 bits per heavy atom. The van der Waals surface area contributed by atoms with Crippen molar-refractivity contribution in [3.63, 3.8) is 0 Å². The molecule has 0 amide bonds. The Morgan fingerprint density at radius 2 is 1.93 bits per heavy atom. The highest BCUT2D eigenvalue weighted by atomic mass is 35.5. The van der Waals surface area contributed by atoms with E-state index in [4.69, 9.17) is 21.2 Å². The molecule has 0 aliphatic heterocycles. The first-order valence-electron chi connectivity index (χ1n) is 13.0. The van der Waals surface area contributed by atoms with Crippen LogP contribution in [0.4, 0.5) is 15.9 Å². The molecule has 0 aliphatic rings. The fraction of sp³-hybridized carbons (Fsp3) is 0.276. The molecule has 0 fully saturated rings. The summed E-state index contributed by atoms with van der Waals surface area (Å²) in [6.07, 6.45) is 5.98. The lowest BCUT2D eigenvalue weighted by Crippen LogP contribution is -2.23. The Bertz CT molecular complexity index is 1600. The third kappa shape index (κ3) is 9.96. The summed E-state index contributed by atoms with van der Waals surface area (Å²) in [5.41, 5.74) is 2.99. The van der Waals surface area contributed by atoms with Crippen LogP contribution in [0.1, 0.15) is 24.0 Å². The molecular weight excluding hydrogens is 569 g/mol. The maximum atomic E-state index is 13.4. The zero-order valence-corrected chi connectivity index (χ0v) is 24.1. The molecule has 1 heterocycles. The number of hydrogen-bond donors (Lipinski definition) is 2. The van der Waals surface area contributed by atoms with Crippen molar-refractivity contribution in [2.45, 2.75) is 19.4 Å². The Kier molecular flexibility index (Phi) is 10.8. The van der Waals surface area contributed by atoms with Crippen molar-refractivity contribution in [1.82, 2.24) is 15.3 Å². The Labute approximate surface area is 243 Å². The van der Waals surface area contributed by atoms with Gasteiger partial charge in [-0.05, 0) is 73.0 Å². The van der Waals surface area contributed by atoms with Gasteiger partial charge in [0.2, 0.25) is 0 Å². The van der Waals surface area contributed by atoms with Crippen LogP contribution in [0.15, 0.2) is 72.1 Å². The second-order valence-corrected chi connectivity index (χ2v) is 12.0. The van der Waals surface area contributed by atoms with E-state index in [2.05, 4.69) is 25.8 Å². The van der Waals surface area contributed by atoms with E-state index in [1.165, 1.54) is 24.7 Å². The standard InChI is InChI=1S/C29H31ClFN5O4S/c1-41(37,38)14-12-32-11-2-3-13-40-35-18-21-7-9-27-25(16-21)29(34-20-33-27)36-24-8-10-28(26(30)17-24)39-19-22-5-4-6-23(31)15-22/h4-10,15-18,20,32H,2-3,11-14,19H2,1H3,(H,33,34,36)/b35-18+. The fourth-order valence-electron chi connectivity index (χ4n) is 3.82. The molecule has 4 aromatic rings. The van der Waals surface area contributed by atoms with Crippen LogP contribution in [0.2, 0.25) is 5.02 Å². The SMILES string of the molecule is CS(=O)(=O)CCNCCCCO/N=C/c1ccc2ncnc(Nc3ccc(OCc4cccc(F)c4)c(Cl)c3)c2c1. The lowest BCUT2D eigenvalue weighted by atomic mass is 10.1. The molecule has 9 nitrogen and oxygen atoms in total. The second kappa shape index (κ2) is 14.7. The van der Waals surface area contributed by atoms with Gasteiger partial charge < -0.3 is 20.2 Å². The molecule has 0 saturated carbocycles. The Hall–Kier alpha value is -3.80. The third-order valence-electron chi connectivity index (χ3n) is 5.90. The molecular formula is C29H31ClFN5O4S. The van der Waals surface area contributed by atoms with Gasteiger partial charge in [0.1, 0.15) is 46.8 Å². The normalized spacial score (nSPS) is 11.7. The van der Waals surface area contributed by atoms with Crippen LogP contribution in [0.3, 0.4) is 0 Å². The first-order chi connectivity index (χ1) is 19.8. The van der Waals surface area contributed by atoms with Crippen LogP contribution < -0.4 is 15.4 Å². The number of nitrogens with zero attached hydrogens (tertiary/aromatic N) is 3. The second-order valence-electron chi connectivity index (χ2n) is 9.34. The summed E-state index contributed by atoms with van der Waals surface area (Å²) in [7, 11) is -2.94. The predicted octanol–water partition coefficient (Wildman–Crippen LogP) is 5.51. The van der Waals surface area contributed by atoms with Gasteiger partial charge in [-0.3, -0.25) is 0 Å². The molecule has 12 heteroatoms. The fourth-order valence-corrected chi connectivity index (χ4v) is 4.57. The lowest BCUT2D eigenvalue weighted by molar-refractivity contribution is 0.142. The number of halogens is 2. The number of ether oxygens (including phenoxy) is 1. The van der Waals surface area contributed by atoms with Gasteiger partial charge in [-0.1, -0.05) is 35.0 Å². The van der Waals surface area contributed by atoms with Crippen molar-refractivity contribution in [3.8, 4) is 5.75 Å². The molecule has 0 bridgehead atoms. The number of unbranched alkanes of at least 4 members (excludes halogenated alkanes) is 1. The Morgan fingerprint density at radius 1 is 1.05 bits per heavy atom. The first-order valence-corrected chi connectivity index (χ1v) is 15.4. The predicted molar refractivity (Wildman–Crippen MR) is 160 cm³/mol. The number of oxime groups is 1. The summed E-state index contributed by atoms with van der Waals surface area (Å²) in [5, 5.41) is 11.6. The highest BCUT2D eigenvalue weighted by Crippen LogP contribution is 2.31. The van der Waals surface area contributed by atoms with E-state index in [0.717, 1.165) is 35.9 Å². The molecule has 2 N–H and O–H groups in total.